The molecule has 152 valence electrons. The molecule has 0 aliphatic rings. The van der Waals surface area contributed by atoms with Gasteiger partial charge in [-0.1, -0.05) is 31.2 Å². The highest BCUT2D eigenvalue weighted by Crippen LogP contribution is 2.17. The summed E-state index contributed by atoms with van der Waals surface area (Å²) >= 11 is 0. The van der Waals surface area contributed by atoms with Gasteiger partial charge in [0.25, 0.3) is 5.91 Å². The molecule has 0 radical (unpaired) electrons. The summed E-state index contributed by atoms with van der Waals surface area (Å²) in [5.41, 5.74) is 4.15. The van der Waals surface area contributed by atoms with Crippen LogP contribution in [0.4, 0.5) is 4.39 Å². The fourth-order valence-electron chi connectivity index (χ4n) is 3.43. The van der Waals surface area contributed by atoms with Crippen LogP contribution in [-0.4, -0.2) is 25.5 Å². The van der Waals surface area contributed by atoms with Crippen LogP contribution in [0.15, 0.2) is 73.2 Å². The molecule has 0 fully saturated rings. The normalized spacial score (nSPS) is 10.9. The topological polar surface area (TPSA) is 64.7 Å². The van der Waals surface area contributed by atoms with Crippen LogP contribution < -0.4 is 5.32 Å². The molecule has 2 aromatic carbocycles. The van der Waals surface area contributed by atoms with E-state index in [0.29, 0.717) is 25.1 Å². The highest BCUT2D eigenvalue weighted by atomic mass is 19.1. The molecular formula is C23H22FN5O. The first kappa shape index (κ1) is 19.6. The number of hydrogen-bond acceptors (Lipinski definition) is 3. The Morgan fingerprint density at radius 2 is 1.80 bits per heavy atom. The first-order valence-electron chi connectivity index (χ1n) is 9.81. The Labute approximate surface area is 174 Å². The highest BCUT2D eigenvalue weighted by Gasteiger charge is 2.17. The van der Waals surface area contributed by atoms with Gasteiger partial charge in [0, 0.05) is 18.9 Å². The zero-order chi connectivity index (χ0) is 20.9. The van der Waals surface area contributed by atoms with E-state index < -0.39 is 0 Å². The predicted molar refractivity (Wildman–Crippen MR) is 112 cm³/mol. The maximum absolute atomic E-state index is 13.2. The lowest BCUT2D eigenvalue weighted by Crippen LogP contribution is -2.24. The molecule has 2 aromatic heterocycles. The fourth-order valence-corrected chi connectivity index (χ4v) is 3.43. The second-order valence-electron chi connectivity index (χ2n) is 6.90. The molecule has 2 heterocycles. The number of nitrogens with zero attached hydrogens (tertiary/aromatic N) is 4. The largest absolute Gasteiger partial charge is 0.348 e. The van der Waals surface area contributed by atoms with Crippen LogP contribution in [0.3, 0.4) is 0 Å². The second-order valence-corrected chi connectivity index (χ2v) is 6.90. The molecule has 0 saturated heterocycles. The third kappa shape index (κ3) is 4.15. The third-order valence-corrected chi connectivity index (χ3v) is 4.97. The Kier molecular flexibility index (Phi) is 5.70. The van der Waals surface area contributed by atoms with Crippen molar-refractivity contribution >= 4 is 5.91 Å². The van der Waals surface area contributed by atoms with Crippen molar-refractivity contribution in [2.45, 2.75) is 26.4 Å². The van der Waals surface area contributed by atoms with Crippen molar-refractivity contribution in [3.63, 3.8) is 0 Å². The van der Waals surface area contributed by atoms with Crippen molar-refractivity contribution in [3.05, 3.63) is 101 Å². The third-order valence-electron chi connectivity index (χ3n) is 4.97. The van der Waals surface area contributed by atoms with Crippen molar-refractivity contribution < 1.29 is 9.18 Å². The Balaban J connectivity index is 1.51. The van der Waals surface area contributed by atoms with Crippen LogP contribution in [0, 0.1) is 5.82 Å². The minimum absolute atomic E-state index is 0.186. The van der Waals surface area contributed by atoms with Crippen LogP contribution in [0.2, 0.25) is 0 Å². The van der Waals surface area contributed by atoms with E-state index in [1.165, 1.54) is 12.1 Å². The molecule has 0 aliphatic heterocycles. The van der Waals surface area contributed by atoms with Crippen LogP contribution >= 0.6 is 0 Å². The number of amides is 1. The van der Waals surface area contributed by atoms with Gasteiger partial charge in [0.05, 0.1) is 29.7 Å². The number of rotatable bonds is 7. The number of nitrogens with one attached hydrogen (secondary N) is 1. The van der Waals surface area contributed by atoms with Gasteiger partial charge in [-0.15, -0.1) is 0 Å². The van der Waals surface area contributed by atoms with Crippen molar-refractivity contribution in [2.24, 2.45) is 0 Å². The minimum atomic E-state index is -0.310. The molecule has 0 atom stereocenters. The maximum atomic E-state index is 13.2. The number of carbonyl (C=O) groups is 1. The number of benzene rings is 2. The van der Waals surface area contributed by atoms with E-state index in [1.54, 1.807) is 29.2 Å². The van der Waals surface area contributed by atoms with Crippen molar-refractivity contribution in [1.82, 2.24) is 24.9 Å². The average molecular weight is 403 g/mol. The molecule has 1 N–H and O–H groups in total. The van der Waals surface area contributed by atoms with Gasteiger partial charge in [0.1, 0.15) is 5.82 Å². The average Bonchev–Trinajstić information content (AvgIpc) is 3.43. The molecule has 0 bridgehead atoms. The molecule has 0 unspecified atom stereocenters. The molecule has 6 nitrogen and oxygen atoms in total. The standard InChI is InChI=1S/C23H22FN5O/c1-2-22-21(15-27-29(22)20-10-8-19(24)9-11-20)23(30)25-14-17-6-3-4-7-18(17)16-28-13-5-12-26-28/h3-13,15H,2,14,16H2,1H3,(H,25,30). The zero-order valence-electron chi connectivity index (χ0n) is 16.6. The molecule has 4 rings (SSSR count). The lowest BCUT2D eigenvalue weighted by atomic mass is 10.1. The van der Waals surface area contributed by atoms with E-state index in [1.807, 2.05) is 48.1 Å². The molecule has 0 saturated carbocycles. The minimum Gasteiger partial charge on any atom is -0.348 e. The van der Waals surface area contributed by atoms with Gasteiger partial charge in [-0.05, 0) is 47.9 Å². The monoisotopic (exact) mass is 403 g/mol. The van der Waals surface area contributed by atoms with Gasteiger partial charge >= 0.3 is 0 Å². The summed E-state index contributed by atoms with van der Waals surface area (Å²) in [6.07, 6.45) is 5.84. The maximum Gasteiger partial charge on any atom is 0.255 e. The second kappa shape index (κ2) is 8.73. The number of halogens is 1. The molecular weight excluding hydrogens is 381 g/mol. The molecule has 4 aromatic rings. The van der Waals surface area contributed by atoms with E-state index in [4.69, 9.17) is 0 Å². The first-order valence-corrected chi connectivity index (χ1v) is 9.81. The lowest BCUT2D eigenvalue weighted by Gasteiger charge is -2.12. The predicted octanol–water partition coefficient (Wildman–Crippen LogP) is 3.75. The summed E-state index contributed by atoms with van der Waals surface area (Å²) in [5, 5.41) is 11.6. The summed E-state index contributed by atoms with van der Waals surface area (Å²) in [4.78, 5) is 12.9. The molecule has 1 amide bonds. The summed E-state index contributed by atoms with van der Waals surface area (Å²) in [6, 6.07) is 15.9. The fraction of sp³-hybridized carbons (Fsp3) is 0.174. The van der Waals surface area contributed by atoms with Crippen molar-refractivity contribution in [2.75, 3.05) is 0 Å². The van der Waals surface area contributed by atoms with Gasteiger partial charge < -0.3 is 5.32 Å². The summed E-state index contributed by atoms with van der Waals surface area (Å²) in [7, 11) is 0. The lowest BCUT2D eigenvalue weighted by molar-refractivity contribution is 0.0950. The number of carbonyl (C=O) groups excluding carboxylic acids is 1. The van der Waals surface area contributed by atoms with Crippen LogP contribution in [0.25, 0.3) is 5.69 Å². The summed E-state index contributed by atoms with van der Waals surface area (Å²) < 4.78 is 16.8. The highest BCUT2D eigenvalue weighted by molar-refractivity contribution is 5.95. The van der Waals surface area contributed by atoms with Crippen molar-refractivity contribution in [1.29, 1.82) is 0 Å². The molecule has 0 aliphatic carbocycles. The molecule has 7 heteroatoms. The summed E-state index contributed by atoms with van der Waals surface area (Å²) in [5.74, 6) is -0.496. The number of aromatic nitrogens is 4. The van der Waals surface area contributed by atoms with Crippen LogP contribution in [-0.2, 0) is 19.5 Å². The molecule has 30 heavy (non-hydrogen) atoms. The van der Waals surface area contributed by atoms with Gasteiger partial charge in [-0.25, -0.2) is 9.07 Å². The van der Waals surface area contributed by atoms with Gasteiger partial charge in [-0.3, -0.25) is 9.48 Å². The Hall–Kier alpha value is -3.74. The Morgan fingerprint density at radius 3 is 2.50 bits per heavy atom. The Morgan fingerprint density at radius 1 is 1.03 bits per heavy atom. The van der Waals surface area contributed by atoms with Crippen LogP contribution in [0.1, 0.15) is 34.1 Å². The molecule has 0 spiro atoms. The van der Waals surface area contributed by atoms with E-state index in [-0.39, 0.29) is 11.7 Å². The van der Waals surface area contributed by atoms with E-state index in [2.05, 4.69) is 15.5 Å². The van der Waals surface area contributed by atoms with Gasteiger partial charge in [0.2, 0.25) is 0 Å². The smallest absolute Gasteiger partial charge is 0.255 e. The van der Waals surface area contributed by atoms with E-state index in [9.17, 15) is 9.18 Å². The van der Waals surface area contributed by atoms with E-state index in [0.717, 1.165) is 22.5 Å². The SMILES string of the molecule is CCc1c(C(=O)NCc2ccccc2Cn2cccn2)cnn1-c1ccc(F)cc1. The van der Waals surface area contributed by atoms with Gasteiger partial charge in [-0.2, -0.15) is 10.2 Å². The number of hydrogen-bond donors (Lipinski definition) is 1. The quantitative estimate of drug-likeness (QED) is 0.511. The Bertz CT molecular complexity index is 1130. The van der Waals surface area contributed by atoms with Crippen LogP contribution in [0.5, 0.6) is 0 Å². The van der Waals surface area contributed by atoms with Crippen molar-refractivity contribution in [3.8, 4) is 5.69 Å². The first-order chi connectivity index (χ1) is 14.7. The van der Waals surface area contributed by atoms with Gasteiger partial charge in [0.15, 0.2) is 0 Å². The van der Waals surface area contributed by atoms with E-state index >= 15 is 0 Å². The zero-order valence-corrected chi connectivity index (χ0v) is 16.6. The summed E-state index contributed by atoms with van der Waals surface area (Å²) in [6.45, 7) is 3.01.